The highest BCUT2D eigenvalue weighted by Crippen LogP contribution is 2.26. The molecule has 0 radical (unpaired) electrons. The predicted octanol–water partition coefficient (Wildman–Crippen LogP) is 3.07. The number of Topliss-reactive ketones (excluding diaryl/α,β-unsaturated/α-hetero) is 1. The van der Waals surface area contributed by atoms with Crippen molar-refractivity contribution < 1.29 is 14.3 Å². The van der Waals surface area contributed by atoms with E-state index in [1.165, 1.54) is 10.1 Å². The maximum Gasteiger partial charge on any atom is 0.139 e. The number of carbonyl (C=O) groups excluding carboxylic acids is 1. The summed E-state index contributed by atoms with van der Waals surface area (Å²) in [6, 6.07) is 8.19. The first-order valence-corrected chi connectivity index (χ1v) is 7.22. The second kappa shape index (κ2) is 7.38. The third-order valence-electron chi connectivity index (χ3n) is 2.91. The van der Waals surface area contributed by atoms with Crippen LogP contribution in [-0.2, 0) is 20.7 Å². The lowest BCUT2D eigenvalue weighted by molar-refractivity contribution is -0.119. The fourth-order valence-corrected chi connectivity index (χ4v) is 2.86. The van der Waals surface area contributed by atoms with Crippen LogP contribution in [0.25, 0.3) is 10.1 Å². The number of carbonyl (C=O) groups is 1. The Morgan fingerprint density at radius 2 is 2.05 bits per heavy atom. The smallest absolute Gasteiger partial charge is 0.139 e. The second-order valence-electron chi connectivity index (χ2n) is 4.33. The van der Waals surface area contributed by atoms with Gasteiger partial charge in [-0.1, -0.05) is 18.2 Å². The van der Waals surface area contributed by atoms with Gasteiger partial charge in [-0.3, -0.25) is 4.79 Å². The van der Waals surface area contributed by atoms with Crippen molar-refractivity contribution in [1.82, 2.24) is 0 Å². The zero-order valence-electron chi connectivity index (χ0n) is 11.1. The van der Waals surface area contributed by atoms with Crippen molar-refractivity contribution in [2.45, 2.75) is 12.8 Å². The first-order chi connectivity index (χ1) is 9.31. The predicted molar refractivity (Wildman–Crippen MR) is 77.8 cm³/mol. The molecule has 4 heteroatoms. The van der Waals surface area contributed by atoms with Crippen molar-refractivity contribution in [1.29, 1.82) is 0 Å². The molecule has 0 saturated heterocycles. The Labute approximate surface area is 117 Å². The monoisotopic (exact) mass is 278 g/mol. The van der Waals surface area contributed by atoms with E-state index in [0.29, 0.717) is 32.7 Å². The number of hydrogen-bond acceptors (Lipinski definition) is 4. The molecular weight excluding hydrogens is 260 g/mol. The molecule has 0 spiro atoms. The Hall–Kier alpha value is -1.23. The van der Waals surface area contributed by atoms with E-state index < -0.39 is 0 Å². The summed E-state index contributed by atoms with van der Waals surface area (Å²) in [7, 11) is 1.64. The first kappa shape index (κ1) is 14.2. The first-order valence-electron chi connectivity index (χ1n) is 6.34. The molecule has 1 aromatic carbocycles. The van der Waals surface area contributed by atoms with Gasteiger partial charge >= 0.3 is 0 Å². The van der Waals surface area contributed by atoms with Gasteiger partial charge < -0.3 is 9.47 Å². The number of fused-ring (bicyclic) bond motifs is 1. The van der Waals surface area contributed by atoms with Gasteiger partial charge in [0.25, 0.3) is 0 Å². The highest BCUT2D eigenvalue weighted by Gasteiger charge is 2.08. The Morgan fingerprint density at radius 1 is 1.21 bits per heavy atom. The quantitative estimate of drug-likeness (QED) is 0.696. The highest BCUT2D eigenvalue weighted by molar-refractivity contribution is 7.17. The summed E-state index contributed by atoms with van der Waals surface area (Å²) in [6.45, 7) is 1.60. The summed E-state index contributed by atoms with van der Waals surface area (Å²) < 4.78 is 11.4. The summed E-state index contributed by atoms with van der Waals surface area (Å²) in [5.41, 5.74) is 1.13. The average Bonchev–Trinajstić information content (AvgIpc) is 2.82. The fourth-order valence-electron chi connectivity index (χ4n) is 1.90. The number of benzene rings is 1. The van der Waals surface area contributed by atoms with Gasteiger partial charge in [0.2, 0.25) is 0 Å². The van der Waals surface area contributed by atoms with Crippen LogP contribution in [0.1, 0.15) is 12.0 Å². The van der Waals surface area contributed by atoms with Crippen LogP contribution in [0.15, 0.2) is 29.6 Å². The van der Waals surface area contributed by atoms with E-state index in [9.17, 15) is 4.79 Å². The van der Waals surface area contributed by atoms with Gasteiger partial charge in [-0.2, -0.15) is 0 Å². The summed E-state index contributed by atoms with van der Waals surface area (Å²) >= 11 is 1.69. The van der Waals surface area contributed by atoms with Crippen LogP contribution in [0.4, 0.5) is 0 Å². The molecule has 2 rings (SSSR count). The largest absolute Gasteiger partial charge is 0.382 e. The van der Waals surface area contributed by atoms with Crippen molar-refractivity contribution in [2.24, 2.45) is 0 Å². The van der Waals surface area contributed by atoms with Crippen molar-refractivity contribution in [3.05, 3.63) is 35.2 Å². The standard InChI is InChI=1S/C15H18O3S/c1-17-8-9-18-7-6-13(16)10-12-11-19-15-5-3-2-4-14(12)15/h2-5,11H,6-10H2,1H3. The molecule has 0 aliphatic heterocycles. The van der Waals surface area contributed by atoms with E-state index in [2.05, 4.69) is 17.5 Å². The van der Waals surface area contributed by atoms with Crippen molar-refractivity contribution in [2.75, 3.05) is 26.9 Å². The average molecular weight is 278 g/mol. The van der Waals surface area contributed by atoms with Gasteiger partial charge in [-0.25, -0.2) is 0 Å². The molecule has 0 atom stereocenters. The van der Waals surface area contributed by atoms with Crippen molar-refractivity contribution >= 4 is 27.2 Å². The van der Waals surface area contributed by atoms with Crippen LogP contribution >= 0.6 is 11.3 Å². The van der Waals surface area contributed by atoms with Gasteiger partial charge in [0, 0.05) is 24.7 Å². The lowest BCUT2D eigenvalue weighted by Crippen LogP contribution is -2.09. The summed E-state index contributed by atoms with van der Waals surface area (Å²) in [6.07, 6.45) is 0.964. The van der Waals surface area contributed by atoms with Crippen LogP contribution in [0.5, 0.6) is 0 Å². The molecule has 102 valence electrons. The van der Waals surface area contributed by atoms with Crippen LogP contribution in [-0.4, -0.2) is 32.7 Å². The minimum absolute atomic E-state index is 0.223. The lowest BCUT2D eigenvalue weighted by Gasteiger charge is -2.03. The molecule has 0 N–H and O–H groups in total. The molecular formula is C15H18O3S. The molecule has 0 saturated carbocycles. The normalized spacial score (nSPS) is 11.0. The SMILES string of the molecule is COCCOCCC(=O)Cc1csc2ccccc12. The van der Waals surface area contributed by atoms with E-state index in [-0.39, 0.29) is 5.78 Å². The third kappa shape index (κ3) is 4.13. The maximum absolute atomic E-state index is 11.9. The van der Waals surface area contributed by atoms with Crippen LogP contribution < -0.4 is 0 Å². The van der Waals surface area contributed by atoms with E-state index in [4.69, 9.17) is 9.47 Å². The number of ether oxygens (including phenoxy) is 2. The molecule has 2 aromatic rings. The number of hydrogen-bond donors (Lipinski definition) is 0. The highest BCUT2D eigenvalue weighted by atomic mass is 32.1. The van der Waals surface area contributed by atoms with Gasteiger partial charge in [-0.05, 0) is 22.4 Å². The summed E-state index contributed by atoms with van der Waals surface area (Å²) in [4.78, 5) is 11.9. The van der Waals surface area contributed by atoms with Crippen LogP contribution in [0, 0.1) is 0 Å². The minimum Gasteiger partial charge on any atom is -0.382 e. The molecule has 0 aliphatic carbocycles. The van der Waals surface area contributed by atoms with Crippen LogP contribution in [0.2, 0.25) is 0 Å². The Bertz CT molecular complexity index is 533. The maximum atomic E-state index is 11.9. The molecule has 0 amide bonds. The Morgan fingerprint density at radius 3 is 2.89 bits per heavy atom. The minimum atomic E-state index is 0.223. The molecule has 0 fully saturated rings. The molecule has 19 heavy (non-hydrogen) atoms. The number of rotatable bonds is 8. The zero-order chi connectivity index (χ0) is 13.5. The molecule has 1 heterocycles. The van der Waals surface area contributed by atoms with Crippen molar-refractivity contribution in [3.63, 3.8) is 0 Å². The molecule has 0 aliphatic rings. The van der Waals surface area contributed by atoms with E-state index >= 15 is 0 Å². The molecule has 3 nitrogen and oxygen atoms in total. The zero-order valence-corrected chi connectivity index (χ0v) is 11.9. The van der Waals surface area contributed by atoms with Gasteiger partial charge in [0.05, 0.1) is 19.8 Å². The molecule has 0 unspecified atom stereocenters. The number of methoxy groups -OCH3 is 1. The van der Waals surface area contributed by atoms with E-state index in [1.54, 1.807) is 18.4 Å². The van der Waals surface area contributed by atoms with Gasteiger partial charge in [-0.15, -0.1) is 11.3 Å². The van der Waals surface area contributed by atoms with Crippen LogP contribution in [0.3, 0.4) is 0 Å². The third-order valence-corrected chi connectivity index (χ3v) is 3.92. The lowest BCUT2D eigenvalue weighted by atomic mass is 10.1. The molecule has 0 bridgehead atoms. The molecule has 1 aromatic heterocycles. The Balaban J connectivity index is 1.82. The summed E-state index contributed by atoms with van der Waals surface area (Å²) in [5.74, 6) is 0.223. The summed E-state index contributed by atoms with van der Waals surface area (Å²) in [5, 5.41) is 3.27. The second-order valence-corrected chi connectivity index (χ2v) is 5.24. The van der Waals surface area contributed by atoms with E-state index in [1.807, 2.05) is 12.1 Å². The number of thiophene rings is 1. The fraction of sp³-hybridized carbons (Fsp3) is 0.400. The number of ketones is 1. The van der Waals surface area contributed by atoms with Gasteiger partial charge in [0.1, 0.15) is 5.78 Å². The topological polar surface area (TPSA) is 35.5 Å². The van der Waals surface area contributed by atoms with Gasteiger partial charge in [0.15, 0.2) is 0 Å². The Kier molecular flexibility index (Phi) is 5.51. The van der Waals surface area contributed by atoms with Crippen molar-refractivity contribution in [3.8, 4) is 0 Å². The van der Waals surface area contributed by atoms with E-state index in [0.717, 1.165) is 5.56 Å².